The van der Waals surface area contributed by atoms with E-state index in [0.717, 1.165) is 17.4 Å². The molecule has 4 rings (SSSR count). The molecule has 0 fully saturated rings. The second-order valence-corrected chi connectivity index (χ2v) is 8.65. The molecule has 1 amide bonds. The molecule has 4 aromatic rings. The van der Waals surface area contributed by atoms with Crippen molar-refractivity contribution in [3.63, 3.8) is 0 Å². The lowest BCUT2D eigenvalue weighted by molar-refractivity contribution is -0.384. The summed E-state index contributed by atoms with van der Waals surface area (Å²) in [5.74, 6) is -0.330. The highest BCUT2D eigenvalue weighted by atomic mass is 32.2. The molecule has 1 unspecified atom stereocenters. The first-order chi connectivity index (χ1) is 16.9. The minimum atomic E-state index is -0.610. The summed E-state index contributed by atoms with van der Waals surface area (Å²) in [7, 11) is 0. The van der Waals surface area contributed by atoms with Crippen molar-refractivity contribution < 1.29 is 18.8 Å². The number of thioether (sulfide) groups is 1. The van der Waals surface area contributed by atoms with Crippen LogP contribution in [0.1, 0.15) is 12.7 Å². The first-order valence-corrected chi connectivity index (χ1v) is 11.4. The molecule has 0 aliphatic carbocycles. The Balaban J connectivity index is 1.53. The molecule has 1 aromatic heterocycles. The second kappa shape index (κ2) is 10.8. The molecule has 35 heavy (non-hydrogen) atoms. The van der Waals surface area contributed by atoms with Gasteiger partial charge in [0.15, 0.2) is 22.5 Å². The summed E-state index contributed by atoms with van der Waals surface area (Å²) < 4.78 is 21.3. The number of nitrogens with zero attached hydrogens (tertiary/aromatic N) is 4. The molecule has 1 atom stereocenters. The fraction of sp³-hybridized carbons (Fsp3) is 0.125. The highest BCUT2D eigenvalue weighted by Gasteiger charge is 2.22. The van der Waals surface area contributed by atoms with Gasteiger partial charge < -0.3 is 10.1 Å². The van der Waals surface area contributed by atoms with Crippen LogP contribution in [0.4, 0.5) is 15.8 Å². The average Bonchev–Trinajstić information content (AvgIpc) is 3.26. The molecule has 11 heteroatoms. The van der Waals surface area contributed by atoms with E-state index in [4.69, 9.17) is 4.74 Å². The molecule has 0 saturated carbocycles. The summed E-state index contributed by atoms with van der Waals surface area (Å²) in [5, 5.41) is 21.9. The van der Waals surface area contributed by atoms with Crippen molar-refractivity contribution in [1.29, 1.82) is 0 Å². The predicted octanol–water partition coefficient (Wildman–Crippen LogP) is 5.01. The number of ether oxygens (including phenoxy) is 1. The number of nitrogens with one attached hydrogen (secondary N) is 1. The van der Waals surface area contributed by atoms with Gasteiger partial charge in [-0.15, -0.1) is 10.2 Å². The van der Waals surface area contributed by atoms with E-state index in [2.05, 4.69) is 15.5 Å². The number of anilines is 1. The Morgan fingerprint density at radius 2 is 1.86 bits per heavy atom. The number of halogens is 1. The predicted molar refractivity (Wildman–Crippen MR) is 129 cm³/mol. The van der Waals surface area contributed by atoms with Crippen LogP contribution in [0.5, 0.6) is 5.75 Å². The number of carbonyl (C=O) groups excluding carboxylic acids is 1. The molecule has 1 heterocycles. The normalized spacial score (nSPS) is 11.6. The topological polar surface area (TPSA) is 112 Å². The third-order valence-electron chi connectivity index (χ3n) is 4.88. The Morgan fingerprint density at radius 3 is 2.60 bits per heavy atom. The van der Waals surface area contributed by atoms with Crippen LogP contribution in [0.25, 0.3) is 5.69 Å². The Labute approximate surface area is 204 Å². The molecule has 9 nitrogen and oxygen atoms in total. The van der Waals surface area contributed by atoms with Crippen molar-refractivity contribution >= 4 is 29.0 Å². The molecule has 1 N–H and O–H groups in total. The number of hydrogen-bond donors (Lipinski definition) is 1. The number of amides is 1. The van der Waals surface area contributed by atoms with Gasteiger partial charge >= 0.3 is 0 Å². The largest absolute Gasteiger partial charge is 0.483 e. The summed E-state index contributed by atoms with van der Waals surface area (Å²) >= 11 is 1.16. The average molecular weight is 494 g/mol. The van der Waals surface area contributed by atoms with Gasteiger partial charge in [-0.1, -0.05) is 48.2 Å². The molecular formula is C24H20FN5O4S. The molecule has 0 radical (unpaired) electrons. The van der Waals surface area contributed by atoms with E-state index in [1.165, 1.54) is 30.3 Å². The van der Waals surface area contributed by atoms with Crippen LogP contribution >= 0.6 is 11.8 Å². The number of aromatic nitrogens is 3. The molecule has 0 spiro atoms. The number of nitro benzene ring substituents is 1. The van der Waals surface area contributed by atoms with E-state index in [1.807, 2.05) is 30.3 Å². The van der Waals surface area contributed by atoms with Crippen LogP contribution in [0, 0.1) is 15.9 Å². The van der Waals surface area contributed by atoms with Crippen molar-refractivity contribution in [3.05, 3.63) is 101 Å². The van der Waals surface area contributed by atoms with Gasteiger partial charge in [-0.2, -0.15) is 0 Å². The zero-order valence-electron chi connectivity index (χ0n) is 18.5. The quantitative estimate of drug-likeness (QED) is 0.198. The molecule has 178 valence electrons. The number of rotatable bonds is 9. The van der Waals surface area contributed by atoms with Crippen LogP contribution in [0.3, 0.4) is 0 Å². The Hall–Kier alpha value is -4.25. The monoisotopic (exact) mass is 493 g/mol. The minimum absolute atomic E-state index is 0.0440. The van der Waals surface area contributed by atoms with Gasteiger partial charge in [-0.3, -0.25) is 19.5 Å². The summed E-state index contributed by atoms with van der Waals surface area (Å²) in [4.78, 5) is 23.2. The number of benzene rings is 3. The summed E-state index contributed by atoms with van der Waals surface area (Å²) in [5.41, 5.74) is 0.949. The van der Waals surface area contributed by atoms with E-state index in [0.29, 0.717) is 16.7 Å². The molecule has 3 aromatic carbocycles. The zero-order valence-corrected chi connectivity index (χ0v) is 19.3. The number of hydrogen-bond acceptors (Lipinski definition) is 7. The maximum absolute atomic E-state index is 14.0. The fourth-order valence-corrected chi connectivity index (χ4v) is 4.05. The maximum Gasteiger partial charge on any atom is 0.271 e. The van der Waals surface area contributed by atoms with Crippen LogP contribution in [0.15, 0.2) is 84.0 Å². The first kappa shape index (κ1) is 23.9. The second-order valence-electron chi connectivity index (χ2n) is 7.35. The lowest BCUT2D eigenvalue weighted by Crippen LogP contribution is -2.23. The zero-order chi connectivity index (χ0) is 24.8. The first-order valence-electron chi connectivity index (χ1n) is 10.5. The minimum Gasteiger partial charge on any atom is -0.483 e. The summed E-state index contributed by atoms with van der Waals surface area (Å²) in [6, 6.07) is 21.1. The molecule has 0 saturated heterocycles. The van der Waals surface area contributed by atoms with E-state index in [9.17, 15) is 19.3 Å². The van der Waals surface area contributed by atoms with E-state index >= 15 is 0 Å². The molecular weight excluding hydrogens is 473 g/mol. The highest BCUT2D eigenvalue weighted by molar-refractivity contribution is 8.00. The number of non-ortho nitro benzene ring substituents is 1. The fourth-order valence-electron chi connectivity index (χ4n) is 3.16. The molecule has 0 aliphatic heterocycles. The van der Waals surface area contributed by atoms with Crippen molar-refractivity contribution in [1.82, 2.24) is 14.8 Å². The lowest BCUT2D eigenvalue weighted by atomic mass is 10.2. The van der Waals surface area contributed by atoms with Crippen LogP contribution in [0.2, 0.25) is 0 Å². The van der Waals surface area contributed by atoms with E-state index in [1.54, 1.807) is 29.7 Å². The number of carbonyl (C=O) groups is 1. The standard InChI is InChI=1S/C24H20FN5O4S/c1-16(23(31)26-17-8-7-11-19(14-17)30(32)33)35-24-28-27-22(29(24)18-9-3-2-4-10-18)15-34-21-13-6-5-12-20(21)25/h2-14,16H,15H2,1H3,(H,26,31). The van der Waals surface area contributed by atoms with Crippen molar-refractivity contribution in [2.45, 2.75) is 23.9 Å². The lowest BCUT2D eigenvalue weighted by Gasteiger charge is -2.14. The van der Waals surface area contributed by atoms with Gasteiger partial charge in [0, 0.05) is 23.5 Å². The maximum atomic E-state index is 14.0. The van der Waals surface area contributed by atoms with E-state index < -0.39 is 16.0 Å². The van der Waals surface area contributed by atoms with Gasteiger partial charge in [-0.05, 0) is 37.3 Å². The third-order valence-corrected chi connectivity index (χ3v) is 5.93. The third kappa shape index (κ3) is 5.82. The van der Waals surface area contributed by atoms with Gasteiger partial charge in [-0.25, -0.2) is 4.39 Å². The van der Waals surface area contributed by atoms with E-state index in [-0.39, 0.29) is 24.0 Å². The number of nitro groups is 1. The molecule has 0 bridgehead atoms. The smallest absolute Gasteiger partial charge is 0.271 e. The van der Waals surface area contributed by atoms with Gasteiger partial charge in [0.25, 0.3) is 5.69 Å². The Kier molecular flexibility index (Phi) is 7.36. The summed E-state index contributed by atoms with van der Waals surface area (Å²) in [6.45, 7) is 1.65. The van der Waals surface area contributed by atoms with Crippen molar-refractivity contribution in [2.24, 2.45) is 0 Å². The SMILES string of the molecule is CC(Sc1nnc(COc2ccccc2F)n1-c1ccccc1)C(=O)Nc1cccc([N+](=O)[O-])c1. The van der Waals surface area contributed by atoms with Crippen LogP contribution < -0.4 is 10.1 Å². The Morgan fingerprint density at radius 1 is 1.11 bits per heavy atom. The highest BCUT2D eigenvalue weighted by Crippen LogP contribution is 2.28. The summed E-state index contributed by atoms with van der Waals surface area (Å²) in [6.07, 6.45) is 0. The van der Waals surface area contributed by atoms with Crippen molar-refractivity contribution in [2.75, 3.05) is 5.32 Å². The van der Waals surface area contributed by atoms with Gasteiger partial charge in [0.05, 0.1) is 10.2 Å². The number of para-hydroxylation sites is 2. The van der Waals surface area contributed by atoms with Crippen molar-refractivity contribution in [3.8, 4) is 11.4 Å². The van der Waals surface area contributed by atoms with Gasteiger partial charge in [0.1, 0.15) is 6.61 Å². The van der Waals surface area contributed by atoms with Crippen LogP contribution in [-0.4, -0.2) is 30.8 Å². The Bertz CT molecular complexity index is 1350. The molecule has 0 aliphatic rings. The van der Waals surface area contributed by atoms with Crippen LogP contribution in [-0.2, 0) is 11.4 Å². The van der Waals surface area contributed by atoms with Gasteiger partial charge in [0.2, 0.25) is 5.91 Å².